The smallest absolute Gasteiger partial charge is 0.410 e. The van der Waals surface area contributed by atoms with E-state index in [2.05, 4.69) is 0 Å². The molecule has 7 heteroatoms. The zero-order valence-corrected chi connectivity index (χ0v) is 17.2. The molecule has 150 valence electrons. The van der Waals surface area contributed by atoms with Crippen LogP contribution in [0.3, 0.4) is 0 Å². The summed E-state index contributed by atoms with van der Waals surface area (Å²) in [6.07, 6.45) is 1.75. The molecular weight excluding hydrogens is 380 g/mol. The van der Waals surface area contributed by atoms with Gasteiger partial charge >= 0.3 is 6.09 Å². The van der Waals surface area contributed by atoms with E-state index >= 15 is 0 Å². The highest BCUT2D eigenvalue weighted by Gasteiger charge is 2.35. The molecule has 0 saturated carbocycles. The minimum atomic E-state index is -0.537. The SMILES string of the molecule is CC(C)(C)OC(=O)N1CCCC(=C(Cl)CN2C(=O)c3ccccc3C2=O)CC1. The second-order valence-electron chi connectivity index (χ2n) is 8.07. The summed E-state index contributed by atoms with van der Waals surface area (Å²) in [5.74, 6) is -0.633. The van der Waals surface area contributed by atoms with Crippen molar-refractivity contribution in [2.75, 3.05) is 19.6 Å². The zero-order valence-electron chi connectivity index (χ0n) is 16.5. The van der Waals surface area contributed by atoms with Crippen molar-refractivity contribution in [3.8, 4) is 0 Å². The standard InChI is InChI=1S/C21H25ClN2O4/c1-21(2,3)28-20(27)23-11-6-7-14(10-12-23)17(22)13-24-18(25)15-8-4-5-9-16(15)19(24)26/h4-5,8-9H,6-7,10-13H2,1-3H3. The number of carbonyl (C=O) groups excluding carboxylic acids is 3. The fraction of sp³-hybridized carbons (Fsp3) is 0.476. The van der Waals surface area contributed by atoms with E-state index in [1.165, 1.54) is 4.90 Å². The molecule has 0 spiro atoms. The summed E-state index contributed by atoms with van der Waals surface area (Å²) in [5, 5.41) is 0.501. The number of likely N-dealkylation sites (tertiary alicyclic amines) is 1. The average molecular weight is 405 g/mol. The van der Waals surface area contributed by atoms with Crippen molar-refractivity contribution in [1.29, 1.82) is 0 Å². The van der Waals surface area contributed by atoms with Gasteiger partial charge in [-0.25, -0.2) is 4.79 Å². The molecule has 28 heavy (non-hydrogen) atoms. The van der Waals surface area contributed by atoms with E-state index in [4.69, 9.17) is 16.3 Å². The number of carbonyl (C=O) groups is 3. The first kappa shape index (κ1) is 20.4. The number of ether oxygens (including phenoxy) is 1. The first-order chi connectivity index (χ1) is 13.2. The van der Waals surface area contributed by atoms with E-state index in [0.29, 0.717) is 35.7 Å². The Balaban J connectivity index is 1.67. The summed E-state index contributed by atoms with van der Waals surface area (Å²) in [5.41, 5.74) is 1.27. The van der Waals surface area contributed by atoms with Gasteiger partial charge in [-0.05, 0) is 52.2 Å². The Kier molecular flexibility index (Phi) is 5.79. The zero-order chi connectivity index (χ0) is 20.5. The number of halogens is 1. The molecule has 0 radical (unpaired) electrons. The maximum Gasteiger partial charge on any atom is 0.410 e. The third-order valence-corrected chi connectivity index (χ3v) is 5.19. The average Bonchev–Trinajstić information content (AvgIpc) is 2.82. The largest absolute Gasteiger partial charge is 0.444 e. The highest BCUT2D eigenvalue weighted by Crippen LogP contribution is 2.28. The first-order valence-electron chi connectivity index (χ1n) is 9.47. The van der Waals surface area contributed by atoms with Crippen molar-refractivity contribution in [3.05, 3.63) is 46.0 Å². The van der Waals surface area contributed by atoms with Gasteiger partial charge < -0.3 is 9.64 Å². The number of nitrogens with zero attached hydrogens (tertiary/aromatic N) is 2. The predicted octanol–water partition coefficient (Wildman–Crippen LogP) is 4.20. The van der Waals surface area contributed by atoms with E-state index in [1.54, 1.807) is 29.2 Å². The second-order valence-corrected chi connectivity index (χ2v) is 8.53. The highest BCUT2D eigenvalue weighted by atomic mass is 35.5. The Morgan fingerprint density at radius 2 is 1.68 bits per heavy atom. The molecule has 0 unspecified atom stereocenters. The van der Waals surface area contributed by atoms with E-state index < -0.39 is 5.60 Å². The minimum absolute atomic E-state index is 0.0652. The van der Waals surface area contributed by atoms with Gasteiger partial charge in [0.25, 0.3) is 11.8 Å². The Morgan fingerprint density at radius 1 is 1.07 bits per heavy atom. The molecule has 6 nitrogen and oxygen atoms in total. The van der Waals surface area contributed by atoms with Crippen molar-refractivity contribution in [1.82, 2.24) is 9.80 Å². The van der Waals surface area contributed by atoms with E-state index in [1.807, 2.05) is 20.8 Å². The molecule has 1 aromatic carbocycles. The van der Waals surface area contributed by atoms with Gasteiger partial charge in [0.2, 0.25) is 0 Å². The number of rotatable bonds is 2. The number of imide groups is 1. The van der Waals surface area contributed by atoms with Crippen LogP contribution in [0, 0.1) is 0 Å². The lowest BCUT2D eigenvalue weighted by Crippen LogP contribution is -2.37. The number of fused-ring (bicyclic) bond motifs is 1. The van der Waals surface area contributed by atoms with Crippen LogP contribution in [0.5, 0.6) is 0 Å². The molecule has 1 saturated heterocycles. The maximum absolute atomic E-state index is 12.5. The Labute approximate surface area is 170 Å². The second kappa shape index (κ2) is 7.95. The molecule has 2 aliphatic rings. The van der Waals surface area contributed by atoms with Crippen LogP contribution in [-0.4, -0.2) is 52.9 Å². The summed E-state index contributed by atoms with van der Waals surface area (Å²) in [7, 11) is 0. The van der Waals surface area contributed by atoms with Gasteiger partial charge in [-0.3, -0.25) is 14.5 Å². The molecule has 3 amide bonds. The van der Waals surface area contributed by atoms with Crippen LogP contribution in [0.1, 0.15) is 60.7 Å². The summed E-state index contributed by atoms with van der Waals surface area (Å²) < 4.78 is 5.44. The van der Waals surface area contributed by atoms with Gasteiger partial charge in [-0.1, -0.05) is 29.3 Å². The molecule has 0 bridgehead atoms. The number of amides is 3. The van der Waals surface area contributed by atoms with Gasteiger partial charge in [0.05, 0.1) is 17.7 Å². The summed E-state index contributed by atoms with van der Waals surface area (Å²) in [6.45, 7) is 6.68. The number of hydrogen-bond acceptors (Lipinski definition) is 4. The van der Waals surface area contributed by atoms with Crippen molar-refractivity contribution < 1.29 is 19.1 Å². The van der Waals surface area contributed by atoms with Crippen LogP contribution >= 0.6 is 11.6 Å². The lowest BCUT2D eigenvalue weighted by atomic mass is 10.1. The van der Waals surface area contributed by atoms with Gasteiger partial charge in [0, 0.05) is 18.1 Å². The van der Waals surface area contributed by atoms with Crippen molar-refractivity contribution in [2.45, 2.75) is 45.6 Å². The van der Waals surface area contributed by atoms with Gasteiger partial charge in [-0.15, -0.1) is 0 Å². The van der Waals surface area contributed by atoms with Crippen LogP contribution in [0.25, 0.3) is 0 Å². The molecule has 1 aromatic rings. The predicted molar refractivity (Wildman–Crippen MR) is 106 cm³/mol. The molecular formula is C21H25ClN2O4. The fourth-order valence-electron chi connectivity index (χ4n) is 3.40. The van der Waals surface area contributed by atoms with Gasteiger partial charge in [-0.2, -0.15) is 0 Å². The number of hydrogen-bond donors (Lipinski definition) is 0. The van der Waals surface area contributed by atoms with Gasteiger partial charge in [0.15, 0.2) is 0 Å². The van der Waals surface area contributed by atoms with Gasteiger partial charge in [0.1, 0.15) is 5.60 Å². The Hall–Kier alpha value is -2.34. The molecule has 0 aromatic heterocycles. The lowest BCUT2D eigenvalue weighted by molar-refractivity contribution is 0.0258. The first-order valence-corrected chi connectivity index (χ1v) is 9.85. The van der Waals surface area contributed by atoms with Crippen LogP contribution in [-0.2, 0) is 4.74 Å². The van der Waals surface area contributed by atoms with Crippen molar-refractivity contribution in [3.63, 3.8) is 0 Å². The van der Waals surface area contributed by atoms with Crippen LogP contribution in [0.15, 0.2) is 34.9 Å². The third-order valence-electron chi connectivity index (χ3n) is 4.80. The fourth-order valence-corrected chi connectivity index (χ4v) is 3.71. The van der Waals surface area contributed by atoms with E-state index in [0.717, 1.165) is 18.4 Å². The van der Waals surface area contributed by atoms with E-state index in [9.17, 15) is 14.4 Å². The van der Waals surface area contributed by atoms with Crippen LogP contribution < -0.4 is 0 Å². The van der Waals surface area contributed by atoms with Crippen LogP contribution in [0.2, 0.25) is 0 Å². The Bertz CT molecular complexity index is 806. The molecule has 2 heterocycles. The van der Waals surface area contributed by atoms with E-state index in [-0.39, 0.29) is 24.5 Å². The quantitative estimate of drug-likeness (QED) is 0.693. The molecule has 0 aliphatic carbocycles. The van der Waals surface area contributed by atoms with Crippen LogP contribution in [0.4, 0.5) is 4.79 Å². The Morgan fingerprint density at radius 3 is 2.25 bits per heavy atom. The highest BCUT2D eigenvalue weighted by molar-refractivity contribution is 6.31. The lowest BCUT2D eigenvalue weighted by Gasteiger charge is -2.26. The summed E-state index contributed by atoms with van der Waals surface area (Å²) >= 11 is 6.52. The summed E-state index contributed by atoms with van der Waals surface area (Å²) in [4.78, 5) is 40.2. The molecule has 1 fully saturated rings. The molecule has 0 atom stereocenters. The third kappa shape index (κ3) is 4.38. The summed E-state index contributed by atoms with van der Waals surface area (Å²) in [6, 6.07) is 6.79. The topological polar surface area (TPSA) is 66.9 Å². The van der Waals surface area contributed by atoms with Crippen molar-refractivity contribution in [2.24, 2.45) is 0 Å². The monoisotopic (exact) mass is 404 g/mol. The molecule has 0 N–H and O–H groups in total. The van der Waals surface area contributed by atoms with Crippen molar-refractivity contribution >= 4 is 29.5 Å². The molecule has 3 rings (SSSR count). The number of benzene rings is 1. The maximum atomic E-state index is 12.5. The molecule has 2 aliphatic heterocycles. The minimum Gasteiger partial charge on any atom is -0.444 e. The normalized spacial score (nSPS) is 19.4.